The fraction of sp³-hybridized carbons (Fsp3) is 0.231. The van der Waals surface area contributed by atoms with Gasteiger partial charge in [-0.25, -0.2) is 4.98 Å². The highest BCUT2D eigenvalue weighted by molar-refractivity contribution is 6.04. The number of nitrogen functional groups attached to an aromatic ring is 1. The standard InChI is InChI=1S/C13H14N4O3/c1-17-6-10(15-7-17)13(18)16-9-5-12-11(4-8(9)14)19-2-3-20-12/h4-7H,2-3,14H2,1H3,(H,16,18). The zero-order valence-electron chi connectivity index (χ0n) is 10.9. The number of amides is 1. The second-order valence-corrected chi connectivity index (χ2v) is 4.46. The van der Waals surface area contributed by atoms with Crippen molar-refractivity contribution >= 4 is 17.3 Å². The molecule has 0 fully saturated rings. The summed E-state index contributed by atoms with van der Waals surface area (Å²) in [4.78, 5) is 16.0. The smallest absolute Gasteiger partial charge is 0.275 e. The Morgan fingerprint density at radius 2 is 2.05 bits per heavy atom. The van der Waals surface area contributed by atoms with Crippen LogP contribution in [0.2, 0.25) is 0 Å². The Kier molecular flexibility index (Phi) is 2.94. The molecule has 0 unspecified atom stereocenters. The highest BCUT2D eigenvalue weighted by Gasteiger charge is 2.17. The number of nitrogens with zero attached hydrogens (tertiary/aromatic N) is 2. The van der Waals surface area contributed by atoms with Gasteiger partial charge in [0, 0.05) is 25.4 Å². The van der Waals surface area contributed by atoms with Gasteiger partial charge < -0.3 is 25.1 Å². The Hall–Kier alpha value is -2.70. The van der Waals surface area contributed by atoms with Crippen molar-refractivity contribution in [2.45, 2.75) is 0 Å². The largest absolute Gasteiger partial charge is 0.486 e. The zero-order chi connectivity index (χ0) is 14.1. The Morgan fingerprint density at radius 3 is 2.70 bits per heavy atom. The van der Waals surface area contributed by atoms with E-state index in [0.29, 0.717) is 41.8 Å². The predicted molar refractivity (Wildman–Crippen MR) is 73.0 cm³/mol. The number of hydrogen-bond donors (Lipinski definition) is 2. The lowest BCUT2D eigenvalue weighted by Crippen LogP contribution is -2.17. The Bertz CT molecular complexity index is 666. The lowest BCUT2D eigenvalue weighted by molar-refractivity contribution is 0.102. The first-order valence-corrected chi connectivity index (χ1v) is 6.12. The van der Waals surface area contributed by atoms with Crippen molar-refractivity contribution < 1.29 is 14.3 Å². The number of rotatable bonds is 2. The normalized spacial score (nSPS) is 13.1. The van der Waals surface area contributed by atoms with Crippen LogP contribution in [0.25, 0.3) is 0 Å². The molecule has 3 rings (SSSR count). The van der Waals surface area contributed by atoms with Crippen LogP contribution in [-0.2, 0) is 7.05 Å². The third-order valence-corrected chi connectivity index (χ3v) is 2.90. The number of aromatic nitrogens is 2. The number of anilines is 2. The molecular formula is C13H14N4O3. The van der Waals surface area contributed by atoms with Gasteiger partial charge in [0.05, 0.1) is 17.7 Å². The lowest BCUT2D eigenvalue weighted by atomic mass is 10.2. The van der Waals surface area contributed by atoms with E-state index in [-0.39, 0.29) is 5.91 Å². The summed E-state index contributed by atoms with van der Waals surface area (Å²) in [5.74, 6) is 0.834. The summed E-state index contributed by atoms with van der Waals surface area (Å²) in [5, 5.41) is 2.71. The van der Waals surface area contributed by atoms with Crippen LogP contribution < -0.4 is 20.5 Å². The number of aryl methyl sites for hydroxylation is 1. The summed E-state index contributed by atoms with van der Waals surface area (Å²) in [7, 11) is 1.79. The number of benzene rings is 1. The van der Waals surface area contributed by atoms with Crippen molar-refractivity contribution in [1.82, 2.24) is 9.55 Å². The third-order valence-electron chi connectivity index (χ3n) is 2.90. The Labute approximate surface area is 115 Å². The highest BCUT2D eigenvalue weighted by Crippen LogP contribution is 2.37. The predicted octanol–water partition coefficient (Wildman–Crippen LogP) is 1.03. The first-order chi connectivity index (χ1) is 9.63. The molecule has 20 heavy (non-hydrogen) atoms. The maximum absolute atomic E-state index is 12.0. The van der Waals surface area contributed by atoms with E-state index >= 15 is 0 Å². The first kappa shape index (κ1) is 12.3. The van der Waals surface area contributed by atoms with Gasteiger partial charge in [0.25, 0.3) is 5.91 Å². The van der Waals surface area contributed by atoms with Crippen LogP contribution in [0.4, 0.5) is 11.4 Å². The fourth-order valence-electron chi connectivity index (χ4n) is 1.93. The molecule has 0 atom stereocenters. The molecular weight excluding hydrogens is 260 g/mol. The molecule has 1 aliphatic heterocycles. The number of nitrogens with two attached hydrogens (primary N) is 1. The topological polar surface area (TPSA) is 91.4 Å². The molecule has 7 heteroatoms. The summed E-state index contributed by atoms with van der Waals surface area (Å²) >= 11 is 0. The molecule has 1 aromatic heterocycles. The number of hydrogen-bond acceptors (Lipinski definition) is 5. The van der Waals surface area contributed by atoms with Gasteiger partial charge in [-0.3, -0.25) is 4.79 Å². The number of carbonyl (C=O) groups is 1. The van der Waals surface area contributed by atoms with Crippen LogP contribution in [0.3, 0.4) is 0 Å². The van der Waals surface area contributed by atoms with Gasteiger partial charge in [-0.2, -0.15) is 0 Å². The molecule has 1 aromatic carbocycles. The van der Waals surface area contributed by atoms with E-state index in [0.717, 1.165) is 0 Å². The van der Waals surface area contributed by atoms with Crippen LogP contribution in [0, 0.1) is 0 Å². The van der Waals surface area contributed by atoms with E-state index in [2.05, 4.69) is 10.3 Å². The minimum absolute atomic E-state index is 0.321. The monoisotopic (exact) mass is 274 g/mol. The molecule has 3 N–H and O–H groups in total. The minimum atomic E-state index is -0.325. The SMILES string of the molecule is Cn1cnc(C(=O)Nc2cc3c(cc2N)OCCO3)c1. The average Bonchev–Trinajstić information content (AvgIpc) is 2.86. The van der Waals surface area contributed by atoms with Crippen molar-refractivity contribution in [3.63, 3.8) is 0 Å². The number of imidazole rings is 1. The molecule has 1 amide bonds. The Balaban J connectivity index is 1.85. The molecule has 0 saturated carbocycles. The number of fused-ring (bicyclic) bond motifs is 1. The molecule has 7 nitrogen and oxygen atoms in total. The third kappa shape index (κ3) is 2.25. The van der Waals surface area contributed by atoms with Crippen LogP contribution >= 0.6 is 0 Å². The summed E-state index contributed by atoms with van der Waals surface area (Å²) in [6.45, 7) is 0.969. The van der Waals surface area contributed by atoms with Gasteiger partial charge in [-0.1, -0.05) is 0 Å². The van der Waals surface area contributed by atoms with E-state index in [4.69, 9.17) is 15.2 Å². The molecule has 104 valence electrons. The van der Waals surface area contributed by atoms with E-state index in [1.165, 1.54) is 0 Å². The summed E-state index contributed by atoms with van der Waals surface area (Å²) in [6.07, 6.45) is 3.19. The van der Waals surface area contributed by atoms with Crippen LogP contribution in [0.1, 0.15) is 10.5 Å². The number of carbonyl (C=O) groups excluding carboxylic acids is 1. The van der Waals surface area contributed by atoms with Gasteiger partial charge in [-0.05, 0) is 0 Å². The number of nitrogens with one attached hydrogen (secondary N) is 1. The second-order valence-electron chi connectivity index (χ2n) is 4.46. The molecule has 1 aliphatic rings. The molecule has 0 bridgehead atoms. The van der Waals surface area contributed by atoms with Gasteiger partial charge in [0.15, 0.2) is 11.5 Å². The lowest BCUT2D eigenvalue weighted by Gasteiger charge is -2.20. The van der Waals surface area contributed by atoms with Crippen molar-refractivity contribution in [2.75, 3.05) is 24.3 Å². The zero-order valence-corrected chi connectivity index (χ0v) is 10.9. The summed E-state index contributed by atoms with van der Waals surface area (Å²) < 4.78 is 12.6. The van der Waals surface area contributed by atoms with E-state index in [9.17, 15) is 4.79 Å². The molecule has 2 heterocycles. The molecule has 0 spiro atoms. The molecule has 2 aromatic rings. The first-order valence-electron chi connectivity index (χ1n) is 6.12. The van der Waals surface area contributed by atoms with Crippen LogP contribution in [0.15, 0.2) is 24.7 Å². The van der Waals surface area contributed by atoms with E-state index in [1.54, 1.807) is 36.3 Å². The summed E-state index contributed by atoms with van der Waals surface area (Å²) in [5.41, 5.74) is 7.11. The maximum Gasteiger partial charge on any atom is 0.275 e. The maximum atomic E-state index is 12.0. The fourth-order valence-corrected chi connectivity index (χ4v) is 1.93. The summed E-state index contributed by atoms with van der Waals surface area (Å²) in [6, 6.07) is 3.30. The van der Waals surface area contributed by atoms with Crippen molar-refractivity contribution in [2.24, 2.45) is 7.05 Å². The molecule has 0 aliphatic carbocycles. The van der Waals surface area contributed by atoms with Crippen LogP contribution in [-0.4, -0.2) is 28.7 Å². The van der Waals surface area contributed by atoms with Crippen molar-refractivity contribution in [3.05, 3.63) is 30.4 Å². The quantitative estimate of drug-likeness (QED) is 0.798. The van der Waals surface area contributed by atoms with Gasteiger partial charge in [-0.15, -0.1) is 0 Å². The Morgan fingerprint density at radius 1 is 1.35 bits per heavy atom. The highest BCUT2D eigenvalue weighted by atomic mass is 16.6. The minimum Gasteiger partial charge on any atom is -0.486 e. The van der Waals surface area contributed by atoms with Crippen LogP contribution in [0.5, 0.6) is 11.5 Å². The van der Waals surface area contributed by atoms with Gasteiger partial charge in [0.2, 0.25) is 0 Å². The molecule has 0 saturated heterocycles. The number of ether oxygens (including phenoxy) is 2. The van der Waals surface area contributed by atoms with Crippen molar-refractivity contribution in [1.29, 1.82) is 0 Å². The van der Waals surface area contributed by atoms with E-state index < -0.39 is 0 Å². The van der Waals surface area contributed by atoms with Gasteiger partial charge in [0.1, 0.15) is 18.9 Å². The average molecular weight is 274 g/mol. The van der Waals surface area contributed by atoms with E-state index in [1.807, 2.05) is 0 Å². The second kappa shape index (κ2) is 4.76. The van der Waals surface area contributed by atoms with Crippen molar-refractivity contribution in [3.8, 4) is 11.5 Å². The molecule has 0 radical (unpaired) electrons. The van der Waals surface area contributed by atoms with Gasteiger partial charge >= 0.3 is 0 Å².